The molecule has 0 unspecified atom stereocenters. The number of benzene rings is 1. The van der Waals surface area contributed by atoms with Crippen LogP contribution in [0.4, 0.5) is 4.39 Å². The van der Waals surface area contributed by atoms with Gasteiger partial charge >= 0.3 is 0 Å². The van der Waals surface area contributed by atoms with Gasteiger partial charge in [-0.3, -0.25) is 9.59 Å². The van der Waals surface area contributed by atoms with E-state index in [1.165, 1.54) is 54.3 Å². The predicted octanol–water partition coefficient (Wildman–Crippen LogP) is 4.10. The molecule has 0 bridgehead atoms. The molecule has 0 fully saturated rings. The smallest absolute Gasteiger partial charge is 0.285 e. The van der Waals surface area contributed by atoms with Crippen molar-refractivity contribution in [2.75, 3.05) is 0 Å². The van der Waals surface area contributed by atoms with Crippen LogP contribution >= 0.6 is 23.1 Å². The molecule has 2 heterocycles. The van der Waals surface area contributed by atoms with Crippen molar-refractivity contribution in [2.45, 2.75) is 23.0 Å². The van der Waals surface area contributed by atoms with E-state index in [9.17, 15) is 14.0 Å². The Kier molecular flexibility index (Phi) is 4.64. The predicted molar refractivity (Wildman–Crippen MR) is 93.0 cm³/mol. The molecule has 0 amide bonds. The van der Waals surface area contributed by atoms with Gasteiger partial charge in [0.25, 0.3) is 5.56 Å². The fraction of sp³-hybridized carbons (Fsp3) is 0.118. The molecule has 7 heteroatoms. The number of aromatic nitrogens is 2. The third-order valence-corrected chi connectivity index (χ3v) is 5.61. The van der Waals surface area contributed by atoms with E-state index in [1.807, 2.05) is 17.5 Å². The van der Waals surface area contributed by atoms with Crippen LogP contribution in [0, 0.1) is 12.7 Å². The molecule has 0 aliphatic heterocycles. The minimum absolute atomic E-state index is 0.226. The Morgan fingerprint density at radius 2 is 1.96 bits per heavy atom. The highest BCUT2D eigenvalue weighted by Gasteiger charge is 2.19. The van der Waals surface area contributed by atoms with E-state index < -0.39 is 5.82 Å². The molecule has 2 aromatic heterocycles. The monoisotopic (exact) mass is 360 g/mol. The lowest BCUT2D eigenvalue weighted by molar-refractivity contribution is 0.101. The summed E-state index contributed by atoms with van der Waals surface area (Å²) >= 11 is 2.82. The largest absolute Gasteiger partial charge is 0.293 e. The second kappa shape index (κ2) is 6.70. The molecule has 0 atom stereocenters. The first-order chi connectivity index (χ1) is 11.5. The summed E-state index contributed by atoms with van der Waals surface area (Å²) in [5.74, 6) is -0.629. The molecule has 3 rings (SSSR count). The van der Waals surface area contributed by atoms with Gasteiger partial charge in [-0.25, -0.2) is 4.39 Å². The van der Waals surface area contributed by atoms with Gasteiger partial charge in [0.2, 0.25) is 0 Å². The van der Waals surface area contributed by atoms with Crippen LogP contribution in [0.15, 0.2) is 55.7 Å². The van der Waals surface area contributed by atoms with Gasteiger partial charge < -0.3 is 0 Å². The molecule has 0 saturated carbocycles. The topological polar surface area (TPSA) is 52.0 Å². The third-order valence-electron chi connectivity index (χ3n) is 3.38. The van der Waals surface area contributed by atoms with Gasteiger partial charge in [-0.05, 0) is 48.2 Å². The Morgan fingerprint density at radius 1 is 1.25 bits per heavy atom. The molecule has 1 aromatic carbocycles. The Morgan fingerprint density at radius 3 is 2.54 bits per heavy atom. The molecule has 24 heavy (non-hydrogen) atoms. The maximum atomic E-state index is 13.1. The normalized spacial score (nSPS) is 10.8. The van der Waals surface area contributed by atoms with E-state index in [1.54, 1.807) is 6.92 Å². The number of carbonyl (C=O) groups is 1. The maximum absolute atomic E-state index is 13.1. The van der Waals surface area contributed by atoms with E-state index in [-0.39, 0.29) is 17.0 Å². The average Bonchev–Trinajstić information content (AvgIpc) is 3.05. The van der Waals surface area contributed by atoms with Crippen molar-refractivity contribution in [3.8, 4) is 5.69 Å². The zero-order chi connectivity index (χ0) is 17.3. The van der Waals surface area contributed by atoms with Gasteiger partial charge in [0.15, 0.2) is 5.78 Å². The molecule has 0 spiro atoms. The van der Waals surface area contributed by atoms with Gasteiger partial charge in [0, 0.05) is 6.92 Å². The van der Waals surface area contributed by atoms with E-state index >= 15 is 0 Å². The summed E-state index contributed by atoms with van der Waals surface area (Å²) in [6.07, 6.45) is 0. The van der Waals surface area contributed by atoms with Crippen molar-refractivity contribution in [1.29, 1.82) is 0 Å². The zero-order valence-electron chi connectivity index (χ0n) is 12.9. The van der Waals surface area contributed by atoms with Crippen molar-refractivity contribution < 1.29 is 9.18 Å². The average molecular weight is 360 g/mol. The van der Waals surface area contributed by atoms with Crippen molar-refractivity contribution in [2.24, 2.45) is 0 Å². The minimum Gasteiger partial charge on any atom is -0.293 e. The Bertz CT molecular complexity index is 948. The van der Waals surface area contributed by atoms with E-state index in [0.29, 0.717) is 16.1 Å². The molecule has 122 valence electrons. The number of halogens is 1. The number of carbonyl (C=O) groups excluding carboxylic acids is 1. The number of ketones is 1. The van der Waals surface area contributed by atoms with Crippen molar-refractivity contribution >= 4 is 28.9 Å². The SMILES string of the molecule is CC(=O)c1nn(-c2ccc(F)cc2)c(=O)c(Sc2cccs2)c1C. The summed E-state index contributed by atoms with van der Waals surface area (Å²) in [6, 6.07) is 9.23. The molecule has 3 aromatic rings. The number of thiophene rings is 1. The molecular formula is C17H13FN2O2S2. The number of Topliss-reactive ketones (excluding diaryl/α,β-unsaturated/α-hetero) is 1. The Labute approximate surface area is 146 Å². The molecule has 0 radical (unpaired) electrons. The van der Waals surface area contributed by atoms with Gasteiger partial charge in [0.05, 0.1) is 14.8 Å². The van der Waals surface area contributed by atoms with E-state index in [0.717, 1.165) is 8.89 Å². The Hall–Kier alpha value is -2.25. The highest BCUT2D eigenvalue weighted by atomic mass is 32.2. The van der Waals surface area contributed by atoms with Gasteiger partial charge in [-0.1, -0.05) is 17.8 Å². The first kappa shape index (κ1) is 16.6. The molecular weight excluding hydrogens is 347 g/mol. The number of hydrogen-bond acceptors (Lipinski definition) is 5. The van der Waals surface area contributed by atoms with Gasteiger partial charge in [0.1, 0.15) is 11.5 Å². The van der Waals surface area contributed by atoms with Gasteiger partial charge in [-0.2, -0.15) is 9.78 Å². The van der Waals surface area contributed by atoms with Crippen LogP contribution in [0.3, 0.4) is 0 Å². The summed E-state index contributed by atoms with van der Waals surface area (Å²) in [5, 5.41) is 6.10. The summed E-state index contributed by atoms with van der Waals surface area (Å²) in [6.45, 7) is 3.13. The summed E-state index contributed by atoms with van der Waals surface area (Å²) < 4.78 is 15.2. The second-order valence-corrected chi connectivity index (χ2v) is 7.34. The van der Waals surface area contributed by atoms with Crippen molar-refractivity contribution in [3.05, 3.63) is 69.2 Å². The third kappa shape index (κ3) is 3.18. The van der Waals surface area contributed by atoms with Crippen LogP contribution in [0.2, 0.25) is 0 Å². The van der Waals surface area contributed by atoms with Crippen LogP contribution in [0.5, 0.6) is 0 Å². The van der Waals surface area contributed by atoms with Crippen molar-refractivity contribution in [1.82, 2.24) is 9.78 Å². The van der Waals surface area contributed by atoms with Crippen molar-refractivity contribution in [3.63, 3.8) is 0 Å². The standard InChI is InChI=1S/C17H13FN2O2S2/c1-10-15(11(2)21)19-20(13-7-5-12(18)6-8-13)17(22)16(10)24-14-4-3-9-23-14/h3-9H,1-2H3. The molecule has 0 aliphatic rings. The molecule has 4 nitrogen and oxygen atoms in total. The first-order valence-electron chi connectivity index (χ1n) is 7.09. The van der Waals surface area contributed by atoms with Gasteiger partial charge in [-0.15, -0.1) is 11.3 Å². The minimum atomic E-state index is -0.404. The fourth-order valence-electron chi connectivity index (χ4n) is 2.22. The second-order valence-electron chi connectivity index (χ2n) is 5.09. The van der Waals surface area contributed by atoms with Crippen LogP contribution in [-0.4, -0.2) is 15.6 Å². The van der Waals surface area contributed by atoms with Crippen LogP contribution in [0.25, 0.3) is 5.69 Å². The van der Waals surface area contributed by atoms with Crippen LogP contribution in [0.1, 0.15) is 23.0 Å². The zero-order valence-corrected chi connectivity index (χ0v) is 14.6. The molecule has 0 N–H and O–H groups in total. The Balaban J connectivity index is 2.22. The lowest BCUT2D eigenvalue weighted by Crippen LogP contribution is -2.26. The van der Waals surface area contributed by atoms with Crippen LogP contribution in [-0.2, 0) is 0 Å². The summed E-state index contributed by atoms with van der Waals surface area (Å²) in [7, 11) is 0. The highest BCUT2D eigenvalue weighted by molar-refractivity contribution is 8.01. The fourth-order valence-corrected chi connectivity index (χ4v) is 4.05. The lowest BCUT2D eigenvalue weighted by atomic mass is 10.2. The highest BCUT2D eigenvalue weighted by Crippen LogP contribution is 2.32. The maximum Gasteiger partial charge on any atom is 0.285 e. The summed E-state index contributed by atoms with van der Waals surface area (Å²) in [4.78, 5) is 25.2. The molecule has 0 saturated heterocycles. The first-order valence-corrected chi connectivity index (χ1v) is 8.79. The van der Waals surface area contributed by atoms with E-state index in [4.69, 9.17) is 0 Å². The van der Waals surface area contributed by atoms with Crippen LogP contribution < -0.4 is 5.56 Å². The summed E-state index contributed by atoms with van der Waals surface area (Å²) in [5.41, 5.74) is 0.877. The van der Waals surface area contributed by atoms with E-state index in [2.05, 4.69) is 5.10 Å². The number of hydrogen-bond donors (Lipinski definition) is 0. The quantitative estimate of drug-likeness (QED) is 0.658. The molecule has 0 aliphatic carbocycles. The number of nitrogens with zero attached hydrogens (tertiary/aromatic N) is 2. The number of rotatable bonds is 4. The lowest BCUT2D eigenvalue weighted by Gasteiger charge is -2.12.